The van der Waals surface area contributed by atoms with Gasteiger partial charge in [-0.25, -0.2) is 0 Å². The van der Waals surface area contributed by atoms with Crippen LogP contribution in [-0.4, -0.2) is 11.1 Å². The SMILES string of the molecule is Cc1ccc(C(F)(F)F)cc1[C@H](O)[C@@H](C)N. The lowest BCUT2D eigenvalue weighted by Gasteiger charge is -2.19. The van der Waals surface area contributed by atoms with Crippen molar-refractivity contribution in [1.82, 2.24) is 0 Å². The van der Waals surface area contributed by atoms with Gasteiger partial charge in [-0.2, -0.15) is 13.2 Å². The number of aliphatic hydroxyl groups excluding tert-OH is 1. The molecule has 0 heterocycles. The Morgan fingerprint density at radius 1 is 1.31 bits per heavy atom. The van der Waals surface area contributed by atoms with Crippen molar-refractivity contribution in [3.8, 4) is 0 Å². The molecular weight excluding hydrogens is 219 g/mol. The van der Waals surface area contributed by atoms with E-state index >= 15 is 0 Å². The van der Waals surface area contributed by atoms with Gasteiger partial charge in [-0.15, -0.1) is 0 Å². The van der Waals surface area contributed by atoms with Crippen LogP contribution in [-0.2, 0) is 6.18 Å². The minimum absolute atomic E-state index is 0.227. The summed E-state index contributed by atoms with van der Waals surface area (Å²) in [7, 11) is 0. The average molecular weight is 233 g/mol. The van der Waals surface area contributed by atoms with Crippen molar-refractivity contribution in [3.05, 3.63) is 34.9 Å². The fourth-order valence-corrected chi connectivity index (χ4v) is 1.42. The molecule has 1 rings (SSSR count). The predicted octanol–water partition coefficient (Wildman–Crippen LogP) is 2.39. The summed E-state index contributed by atoms with van der Waals surface area (Å²) in [6.45, 7) is 3.19. The van der Waals surface area contributed by atoms with Crippen molar-refractivity contribution in [3.63, 3.8) is 0 Å². The molecule has 0 spiro atoms. The van der Waals surface area contributed by atoms with E-state index in [1.165, 1.54) is 6.07 Å². The summed E-state index contributed by atoms with van der Waals surface area (Å²) in [5.41, 5.74) is 5.52. The Bertz CT molecular complexity index is 374. The number of benzene rings is 1. The minimum atomic E-state index is -4.40. The average Bonchev–Trinajstić information content (AvgIpc) is 2.15. The van der Waals surface area contributed by atoms with Crippen molar-refractivity contribution in [1.29, 1.82) is 0 Å². The van der Waals surface area contributed by atoms with Crippen molar-refractivity contribution >= 4 is 0 Å². The second-order valence-electron chi connectivity index (χ2n) is 3.87. The van der Waals surface area contributed by atoms with Crippen LogP contribution in [0.25, 0.3) is 0 Å². The Morgan fingerprint density at radius 3 is 2.31 bits per heavy atom. The second-order valence-corrected chi connectivity index (χ2v) is 3.87. The maximum Gasteiger partial charge on any atom is 0.416 e. The summed E-state index contributed by atoms with van der Waals surface area (Å²) in [5, 5.41) is 9.68. The highest BCUT2D eigenvalue weighted by molar-refractivity contribution is 5.34. The van der Waals surface area contributed by atoms with Crippen molar-refractivity contribution < 1.29 is 18.3 Å². The van der Waals surface area contributed by atoms with Gasteiger partial charge in [0.05, 0.1) is 11.7 Å². The fraction of sp³-hybridized carbons (Fsp3) is 0.455. The van der Waals surface area contributed by atoms with Gasteiger partial charge in [-0.3, -0.25) is 0 Å². The van der Waals surface area contributed by atoms with Crippen LogP contribution in [0, 0.1) is 6.92 Å². The Balaban J connectivity index is 3.19. The summed E-state index contributed by atoms with van der Waals surface area (Å²) in [5.74, 6) is 0. The Hall–Kier alpha value is -1.07. The van der Waals surface area contributed by atoms with E-state index in [0.29, 0.717) is 5.56 Å². The topological polar surface area (TPSA) is 46.2 Å². The number of nitrogens with two attached hydrogens (primary N) is 1. The zero-order chi connectivity index (χ0) is 12.5. The predicted molar refractivity (Wildman–Crippen MR) is 54.8 cm³/mol. The molecule has 0 saturated heterocycles. The maximum absolute atomic E-state index is 12.5. The summed E-state index contributed by atoms with van der Waals surface area (Å²) in [4.78, 5) is 0. The highest BCUT2D eigenvalue weighted by Gasteiger charge is 2.31. The first kappa shape index (κ1) is 13.0. The first-order valence-corrected chi connectivity index (χ1v) is 4.85. The molecule has 90 valence electrons. The quantitative estimate of drug-likeness (QED) is 0.823. The Morgan fingerprint density at radius 2 is 1.88 bits per heavy atom. The zero-order valence-electron chi connectivity index (χ0n) is 9.05. The number of halogens is 3. The lowest BCUT2D eigenvalue weighted by molar-refractivity contribution is -0.137. The van der Waals surface area contributed by atoms with Gasteiger partial charge in [0, 0.05) is 6.04 Å². The molecule has 2 nitrogen and oxygen atoms in total. The normalized spacial score (nSPS) is 15.9. The molecular formula is C11H14F3NO. The molecule has 0 fully saturated rings. The van der Waals surface area contributed by atoms with Gasteiger partial charge in [0.15, 0.2) is 0 Å². The molecule has 3 N–H and O–H groups in total. The zero-order valence-corrected chi connectivity index (χ0v) is 9.05. The van der Waals surface area contributed by atoms with E-state index in [-0.39, 0.29) is 5.56 Å². The number of aryl methyl sites for hydroxylation is 1. The van der Waals surface area contributed by atoms with Gasteiger partial charge in [-0.05, 0) is 37.1 Å². The number of alkyl halides is 3. The van der Waals surface area contributed by atoms with Crippen LogP contribution < -0.4 is 5.73 Å². The highest BCUT2D eigenvalue weighted by atomic mass is 19.4. The minimum Gasteiger partial charge on any atom is -0.387 e. The summed E-state index contributed by atoms with van der Waals surface area (Å²) < 4.78 is 37.4. The molecule has 0 bridgehead atoms. The van der Waals surface area contributed by atoms with Gasteiger partial charge >= 0.3 is 6.18 Å². The van der Waals surface area contributed by atoms with Crippen molar-refractivity contribution in [2.24, 2.45) is 5.73 Å². The number of aliphatic hydroxyl groups is 1. The molecule has 0 amide bonds. The van der Waals surface area contributed by atoms with Gasteiger partial charge in [-0.1, -0.05) is 6.07 Å². The van der Waals surface area contributed by atoms with E-state index in [1.54, 1.807) is 13.8 Å². The number of hydrogen-bond donors (Lipinski definition) is 2. The van der Waals surface area contributed by atoms with Gasteiger partial charge in [0.2, 0.25) is 0 Å². The van der Waals surface area contributed by atoms with Crippen molar-refractivity contribution in [2.45, 2.75) is 32.2 Å². The smallest absolute Gasteiger partial charge is 0.387 e. The van der Waals surface area contributed by atoms with Crippen LogP contribution in [0.5, 0.6) is 0 Å². The van der Waals surface area contributed by atoms with E-state index in [2.05, 4.69) is 0 Å². The lowest BCUT2D eigenvalue weighted by Crippen LogP contribution is -2.25. The molecule has 0 unspecified atom stereocenters. The van der Waals surface area contributed by atoms with E-state index in [1.807, 2.05) is 0 Å². The van der Waals surface area contributed by atoms with Crippen LogP contribution in [0.1, 0.15) is 29.7 Å². The van der Waals surface area contributed by atoms with Crippen LogP contribution in [0.4, 0.5) is 13.2 Å². The molecule has 1 aromatic carbocycles. The summed E-state index contributed by atoms with van der Waals surface area (Å²) in [6.07, 6.45) is -5.48. The van der Waals surface area contributed by atoms with Crippen LogP contribution >= 0.6 is 0 Å². The molecule has 1 aromatic rings. The molecule has 0 aliphatic rings. The third-order valence-electron chi connectivity index (χ3n) is 2.42. The van der Waals surface area contributed by atoms with Crippen LogP contribution in [0.15, 0.2) is 18.2 Å². The third-order valence-corrected chi connectivity index (χ3v) is 2.42. The number of hydrogen-bond acceptors (Lipinski definition) is 2. The highest BCUT2D eigenvalue weighted by Crippen LogP contribution is 2.32. The molecule has 5 heteroatoms. The van der Waals surface area contributed by atoms with E-state index in [4.69, 9.17) is 5.73 Å². The van der Waals surface area contributed by atoms with Gasteiger partial charge in [0.25, 0.3) is 0 Å². The van der Waals surface area contributed by atoms with Crippen LogP contribution in [0.2, 0.25) is 0 Å². The van der Waals surface area contributed by atoms with Crippen LogP contribution in [0.3, 0.4) is 0 Å². The molecule has 0 saturated carbocycles. The van der Waals surface area contributed by atoms with E-state index < -0.39 is 23.9 Å². The van der Waals surface area contributed by atoms with Crippen molar-refractivity contribution in [2.75, 3.05) is 0 Å². The third kappa shape index (κ3) is 2.74. The van der Waals surface area contributed by atoms with E-state index in [0.717, 1.165) is 12.1 Å². The maximum atomic E-state index is 12.5. The van der Waals surface area contributed by atoms with Gasteiger partial charge in [0.1, 0.15) is 0 Å². The molecule has 0 radical (unpaired) electrons. The van der Waals surface area contributed by atoms with Gasteiger partial charge < -0.3 is 10.8 Å². The summed E-state index contributed by atoms with van der Waals surface area (Å²) in [6, 6.07) is 2.67. The monoisotopic (exact) mass is 233 g/mol. The molecule has 0 aliphatic carbocycles. The number of rotatable bonds is 2. The summed E-state index contributed by atoms with van der Waals surface area (Å²) >= 11 is 0. The van der Waals surface area contributed by atoms with E-state index in [9.17, 15) is 18.3 Å². The molecule has 2 atom stereocenters. The molecule has 16 heavy (non-hydrogen) atoms. The fourth-order valence-electron chi connectivity index (χ4n) is 1.42. The molecule has 0 aliphatic heterocycles. The first-order chi connectivity index (χ1) is 7.23. The largest absolute Gasteiger partial charge is 0.416 e. The lowest BCUT2D eigenvalue weighted by atomic mass is 9.97. The second kappa shape index (κ2) is 4.43. The molecule has 0 aromatic heterocycles. The Labute approximate surface area is 91.9 Å². The Kier molecular flexibility index (Phi) is 3.60. The standard InChI is InChI=1S/C11H14F3NO/c1-6-3-4-8(11(12,13)14)5-9(6)10(16)7(2)15/h3-5,7,10,16H,15H2,1-2H3/t7-,10-/m1/s1. The first-order valence-electron chi connectivity index (χ1n) is 4.85.